The molecule has 2 aromatic heterocycles. The lowest BCUT2D eigenvalue weighted by Gasteiger charge is -2.17. The van der Waals surface area contributed by atoms with Crippen molar-refractivity contribution in [3.63, 3.8) is 0 Å². The van der Waals surface area contributed by atoms with Gasteiger partial charge in [0.05, 0.1) is 16.7 Å². The number of pyridine rings is 1. The zero-order chi connectivity index (χ0) is 32.9. The van der Waals surface area contributed by atoms with E-state index in [1.54, 1.807) is 0 Å². The van der Waals surface area contributed by atoms with Crippen LogP contribution in [0.2, 0.25) is 0 Å². The van der Waals surface area contributed by atoms with Gasteiger partial charge >= 0.3 is 0 Å². The summed E-state index contributed by atoms with van der Waals surface area (Å²) >= 11 is 0. The number of hydrogen-bond donors (Lipinski definition) is 0. The Hall–Kier alpha value is -6.58. The van der Waals surface area contributed by atoms with Crippen LogP contribution in [0.4, 0.5) is 0 Å². The highest BCUT2D eigenvalue weighted by molar-refractivity contribution is 6.37. The Balaban J connectivity index is 1.09. The van der Waals surface area contributed by atoms with Gasteiger partial charge in [-0.3, -0.25) is 4.98 Å². The standard InChI is InChI=1S/C47H29N3/c1-50-42-14-3-2-13-41(42)49-47(50)34-23-24-40(48-27-34)29-17-15-28(16-18-29)35-25-33-22-21-32-8-5-11-37-36-10-4-7-30-19-20-31-9-6-12-38(45(31)43(30)36)39(26-35)46(33)44(32)37/h2-27H,1H3. The molecule has 0 aliphatic rings. The van der Waals surface area contributed by atoms with E-state index in [2.05, 4.69) is 151 Å². The molecule has 0 saturated carbocycles. The summed E-state index contributed by atoms with van der Waals surface area (Å²) < 4.78 is 2.13. The first-order valence-corrected chi connectivity index (χ1v) is 17.1. The summed E-state index contributed by atoms with van der Waals surface area (Å²) in [5, 5.41) is 15.6. The summed E-state index contributed by atoms with van der Waals surface area (Å²) in [5.41, 5.74) is 7.53. The minimum absolute atomic E-state index is 0.919. The van der Waals surface area contributed by atoms with Crippen LogP contribution < -0.4 is 0 Å². The maximum Gasteiger partial charge on any atom is 0.142 e. The predicted molar refractivity (Wildman–Crippen MR) is 211 cm³/mol. The van der Waals surface area contributed by atoms with Gasteiger partial charge in [0, 0.05) is 24.4 Å². The van der Waals surface area contributed by atoms with E-state index < -0.39 is 0 Å². The molecule has 0 fully saturated rings. The molecule has 0 amide bonds. The van der Waals surface area contributed by atoms with Crippen LogP contribution in [-0.2, 0) is 7.05 Å². The van der Waals surface area contributed by atoms with Crippen LogP contribution in [0.5, 0.6) is 0 Å². The quantitative estimate of drug-likeness (QED) is 0.181. The van der Waals surface area contributed by atoms with E-state index in [0.29, 0.717) is 0 Å². The van der Waals surface area contributed by atoms with Crippen LogP contribution in [0.3, 0.4) is 0 Å². The third-order valence-corrected chi connectivity index (χ3v) is 10.7. The van der Waals surface area contributed by atoms with Gasteiger partial charge in [-0.2, -0.15) is 0 Å². The molecule has 0 spiro atoms. The van der Waals surface area contributed by atoms with Crippen molar-refractivity contribution >= 4 is 75.7 Å². The average Bonchev–Trinajstić information content (AvgIpc) is 3.52. The van der Waals surface area contributed by atoms with E-state index in [9.17, 15) is 0 Å². The SMILES string of the molecule is Cn1c(-c2ccc(-c3ccc(-c4cc5ccc6cccc7c8cccc9ccc%10cccc(c(c4)c5c67)c%10c98)cc3)nc2)nc2ccccc21. The molecule has 11 rings (SSSR count). The molecule has 9 aromatic carbocycles. The van der Waals surface area contributed by atoms with Crippen molar-refractivity contribution < 1.29 is 0 Å². The number of hydrogen-bond acceptors (Lipinski definition) is 2. The highest BCUT2D eigenvalue weighted by Crippen LogP contribution is 2.44. The molecule has 50 heavy (non-hydrogen) atoms. The molecule has 0 aliphatic heterocycles. The molecular weight excluding hydrogens is 607 g/mol. The zero-order valence-corrected chi connectivity index (χ0v) is 27.4. The second-order valence-corrected chi connectivity index (χ2v) is 13.5. The molecule has 0 saturated heterocycles. The van der Waals surface area contributed by atoms with Crippen molar-refractivity contribution in [1.29, 1.82) is 0 Å². The Kier molecular flexibility index (Phi) is 5.59. The van der Waals surface area contributed by atoms with Gasteiger partial charge in [-0.25, -0.2) is 4.98 Å². The largest absolute Gasteiger partial charge is 0.327 e. The highest BCUT2D eigenvalue weighted by Gasteiger charge is 2.16. The lowest BCUT2D eigenvalue weighted by molar-refractivity contribution is 0.958. The van der Waals surface area contributed by atoms with Gasteiger partial charge in [0.1, 0.15) is 5.82 Å². The van der Waals surface area contributed by atoms with Crippen molar-refractivity contribution in [3.8, 4) is 33.8 Å². The number of nitrogens with zero attached hydrogens (tertiary/aromatic N) is 3. The molecule has 0 bridgehead atoms. The van der Waals surface area contributed by atoms with Gasteiger partial charge < -0.3 is 4.57 Å². The normalized spacial score (nSPS) is 12.1. The van der Waals surface area contributed by atoms with Gasteiger partial charge in [0.2, 0.25) is 0 Å². The van der Waals surface area contributed by atoms with Crippen molar-refractivity contribution in [2.75, 3.05) is 0 Å². The molecule has 0 aliphatic carbocycles. The molecule has 0 atom stereocenters. The van der Waals surface area contributed by atoms with Gasteiger partial charge in [-0.1, -0.05) is 115 Å². The van der Waals surface area contributed by atoms with E-state index >= 15 is 0 Å². The van der Waals surface area contributed by atoms with Gasteiger partial charge in [0.25, 0.3) is 0 Å². The third-order valence-electron chi connectivity index (χ3n) is 10.7. The Bertz CT molecular complexity index is 3130. The fourth-order valence-corrected chi connectivity index (χ4v) is 8.38. The number of imidazole rings is 1. The molecular formula is C47H29N3. The Morgan fingerprint density at radius 3 is 1.60 bits per heavy atom. The van der Waals surface area contributed by atoms with Crippen molar-refractivity contribution in [1.82, 2.24) is 14.5 Å². The first-order valence-electron chi connectivity index (χ1n) is 17.1. The minimum Gasteiger partial charge on any atom is -0.327 e. The number of fused-ring (bicyclic) bond motifs is 3. The van der Waals surface area contributed by atoms with Crippen LogP contribution in [0.25, 0.3) is 109 Å². The first kappa shape index (κ1) is 27.4. The van der Waals surface area contributed by atoms with Gasteiger partial charge in [-0.15, -0.1) is 0 Å². The summed E-state index contributed by atoms with van der Waals surface area (Å²) in [5.74, 6) is 0.919. The lowest BCUT2D eigenvalue weighted by atomic mass is 9.86. The number of benzene rings is 8. The summed E-state index contributed by atoms with van der Waals surface area (Å²) in [6.07, 6.45) is 1.93. The predicted octanol–water partition coefficient (Wildman–Crippen LogP) is 12.3. The summed E-state index contributed by atoms with van der Waals surface area (Å²) in [6.45, 7) is 0. The summed E-state index contributed by atoms with van der Waals surface area (Å²) in [4.78, 5) is 9.72. The first-order chi connectivity index (χ1) is 24.7. The molecule has 3 heteroatoms. The van der Waals surface area contributed by atoms with Crippen LogP contribution >= 0.6 is 0 Å². The summed E-state index contributed by atoms with van der Waals surface area (Å²) in [6, 6.07) is 55.5. The molecule has 0 N–H and O–H groups in total. The number of aromatic nitrogens is 3. The maximum absolute atomic E-state index is 4.87. The Morgan fingerprint density at radius 1 is 0.420 bits per heavy atom. The number of para-hydroxylation sites is 2. The molecule has 11 aromatic rings. The van der Waals surface area contributed by atoms with Crippen LogP contribution in [0.15, 0.2) is 158 Å². The average molecular weight is 636 g/mol. The van der Waals surface area contributed by atoms with E-state index in [0.717, 1.165) is 33.7 Å². The number of rotatable bonds is 3. The van der Waals surface area contributed by atoms with Crippen molar-refractivity contribution in [2.45, 2.75) is 0 Å². The minimum atomic E-state index is 0.919. The topological polar surface area (TPSA) is 30.7 Å². The molecule has 0 radical (unpaired) electrons. The van der Waals surface area contributed by atoms with E-state index in [-0.39, 0.29) is 0 Å². The van der Waals surface area contributed by atoms with Crippen LogP contribution in [0.1, 0.15) is 0 Å². The monoisotopic (exact) mass is 635 g/mol. The van der Waals surface area contributed by atoms with Crippen molar-refractivity contribution in [2.24, 2.45) is 7.05 Å². The van der Waals surface area contributed by atoms with E-state index in [4.69, 9.17) is 9.97 Å². The number of aryl methyl sites for hydroxylation is 1. The fourth-order valence-electron chi connectivity index (χ4n) is 8.38. The van der Waals surface area contributed by atoms with E-state index in [1.807, 2.05) is 18.3 Å². The molecule has 2 heterocycles. The van der Waals surface area contributed by atoms with Gasteiger partial charge in [0.15, 0.2) is 0 Å². The summed E-state index contributed by atoms with van der Waals surface area (Å²) in [7, 11) is 2.06. The zero-order valence-electron chi connectivity index (χ0n) is 27.4. The van der Waals surface area contributed by atoms with Gasteiger partial charge in [-0.05, 0) is 112 Å². The second-order valence-electron chi connectivity index (χ2n) is 13.5. The van der Waals surface area contributed by atoms with Crippen molar-refractivity contribution in [3.05, 3.63) is 158 Å². The molecule has 3 nitrogen and oxygen atoms in total. The smallest absolute Gasteiger partial charge is 0.142 e. The van der Waals surface area contributed by atoms with E-state index in [1.165, 1.54) is 75.8 Å². The maximum atomic E-state index is 4.87. The molecule has 0 unspecified atom stereocenters. The fraction of sp³-hybridized carbons (Fsp3) is 0.0213. The van der Waals surface area contributed by atoms with Crippen LogP contribution in [0, 0.1) is 0 Å². The molecule has 232 valence electrons. The Labute approximate surface area is 288 Å². The highest BCUT2D eigenvalue weighted by atomic mass is 15.1. The Morgan fingerprint density at radius 2 is 0.980 bits per heavy atom. The van der Waals surface area contributed by atoms with Crippen LogP contribution in [-0.4, -0.2) is 14.5 Å². The second kappa shape index (κ2) is 10.2. The third kappa shape index (κ3) is 3.86. The lowest BCUT2D eigenvalue weighted by Crippen LogP contribution is -1.93.